The van der Waals surface area contributed by atoms with E-state index >= 15 is 0 Å². The van der Waals surface area contributed by atoms with Gasteiger partial charge in [0.25, 0.3) is 11.8 Å². The number of imide groups is 1. The number of hydroxylamine groups is 2. The van der Waals surface area contributed by atoms with Crippen molar-refractivity contribution < 1.29 is 26.1 Å². The number of amides is 2. The van der Waals surface area contributed by atoms with Crippen LogP contribution in [0.1, 0.15) is 58.6 Å². The van der Waals surface area contributed by atoms with Gasteiger partial charge in [-0.15, -0.1) is 5.06 Å². The molecule has 0 saturated carbocycles. The maximum absolute atomic E-state index is 11.4. The van der Waals surface area contributed by atoms with Gasteiger partial charge in [0, 0.05) is 26.1 Å². The van der Waals surface area contributed by atoms with E-state index in [1.807, 2.05) is 0 Å². The summed E-state index contributed by atoms with van der Waals surface area (Å²) < 4.78 is 35.9. The Morgan fingerprint density at radius 1 is 1.38 bits per heavy atom. The van der Waals surface area contributed by atoms with Crippen molar-refractivity contribution in [1.29, 1.82) is 0 Å². The lowest BCUT2D eigenvalue weighted by molar-refractivity contribution is -0.197. The minimum absolute atomic E-state index is 0.0188. The summed E-state index contributed by atoms with van der Waals surface area (Å²) in [5.74, 6) is -1.90. The zero-order chi connectivity index (χ0) is 16.3. The third-order valence-corrected chi connectivity index (χ3v) is 2.13. The number of carbonyl (C=O) groups is 3. The van der Waals surface area contributed by atoms with Gasteiger partial charge in [-0.3, -0.25) is 9.59 Å². The molecule has 0 unspecified atom stereocenters. The molecule has 0 atom stereocenters. The van der Waals surface area contributed by atoms with Crippen LogP contribution in [0.25, 0.3) is 0 Å². The third-order valence-electron chi connectivity index (χ3n) is 2.13. The van der Waals surface area contributed by atoms with Crippen LogP contribution in [0.4, 0.5) is 0 Å². The molecule has 5 heteroatoms. The van der Waals surface area contributed by atoms with E-state index in [1.54, 1.807) is 0 Å². The summed E-state index contributed by atoms with van der Waals surface area (Å²) in [4.78, 5) is 38.5. The van der Waals surface area contributed by atoms with E-state index in [4.69, 9.17) is 6.85 Å². The quantitative estimate of drug-likeness (QED) is 0.515. The van der Waals surface area contributed by atoms with Gasteiger partial charge in [-0.1, -0.05) is 26.1 Å². The molecule has 5 nitrogen and oxygen atoms in total. The fraction of sp³-hybridized carbons (Fsp3) is 0.727. The number of hydrogen-bond donors (Lipinski definition) is 0. The van der Waals surface area contributed by atoms with Crippen LogP contribution < -0.4 is 0 Å². The summed E-state index contributed by atoms with van der Waals surface area (Å²) in [7, 11) is 0. The van der Waals surface area contributed by atoms with Crippen LogP contribution in [0, 0.1) is 0 Å². The molecule has 0 bridgehead atoms. The molecule has 0 aromatic rings. The molecule has 2 amide bonds. The normalized spacial score (nSPS) is 22.0. The smallest absolute Gasteiger partial charge is 0.330 e. The van der Waals surface area contributed by atoms with Crippen molar-refractivity contribution >= 4 is 17.8 Å². The standard InChI is InChI=1S/C11H17NO4/c1-2-3-4-5-6-11(15)16-12-9(13)7-8-10(12)14/h2-8H2,1H3/i1D3,2D2. The lowest BCUT2D eigenvalue weighted by atomic mass is 10.2. The first-order chi connectivity index (χ1) is 9.54. The third kappa shape index (κ3) is 3.64. The molecule has 0 radical (unpaired) electrons. The number of rotatable bonds is 6. The Morgan fingerprint density at radius 3 is 2.69 bits per heavy atom. The minimum Gasteiger partial charge on any atom is -0.330 e. The van der Waals surface area contributed by atoms with Crippen molar-refractivity contribution in [3.63, 3.8) is 0 Å². The Morgan fingerprint density at radius 2 is 2.06 bits per heavy atom. The van der Waals surface area contributed by atoms with Gasteiger partial charge in [-0.05, 0) is 6.42 Å². The predicted molar refractivity (Wildman–Crippen MR) is 55.9 cm³/mol. The first kappa shape index (κ1) is 7.04. The second-order valence-corrected chi connectivity index (χ2v) is 3.43. The Balaban J connectivity index is 2.29. The number of carbonyl (C=O) groups excluding carboxylic acids is 3. The molecular weight excluding hydrogens is 210 g/mol. The molecule has 1 rings (SSSR count). The SMILES string of the molecule is [2H]C([2H])([2H])C([2H])([2H])CCCCC(=O)ON1C(=O)CCC1=O. The Kier molecular flexibility index (Phi) is 2.75. The lowest BCUT2D eigenvalue weighted by Crippen LogP contribution is -2.31. The van der Waals surface area contributed by atoms with Crippen LogP contribution in [0.2, 0.25) is 0 Å². The van der Waals surface area contributed by atoms with Crippen LogP contribution in [-0.2, 0) is 19.2 Å². The molecular formula is C11H17NO4. The molecule has 1 aliphatic heterocycles. The lowest BCUT2D eigenvalue weighted by Gasteiger charge is -2.12. The van der Waals surface area contributed by atoms with E-state index in [2.05, 4.69) is 4.84 Å². The summed E-state index contributed by atoms with van der Waals surface area (Å²) >= 11 is 0. The second-order valence-electron chi connectivity index (χ2n) is 3.43. The van der Waals surface area contributed by atoms with Gasteiger partial charge in [0.2, 0.25) is 0 Å². The van der Waals surface area contributed by atoms with Crippen LogP contribution in [0.3, 0.4) is 0 Å². The van der Waals surface area contributed by atoms with E-state index in [1.165, 1.54) is 0 Å². The summed E-state index contributed by atoms with van der Waals surface area (Å²) in [6, 6.07) is 0. The van der Waals surface area contributed by atoms with Crippen molar-refractivity contribution in [1.82, 2.24) is 5.06 Å². The van der Waals surface area contributed by atoms with Crippen LogP contribution in [0.15, 0.2) is 0 Å². The highest BCUT2D eigenvalue weighted by molar-refractivity contribution is 6.01. The van der Waals surface area contributed by atoms with Gasteiger partial charge >= 0.3 is 5.97 Å². The van der Waals surface area contributed by atoms with Crippen LogP contribution in [0.5, 0.6) is 0 Å². The van der Waals surface area contributed by atoms with Crippen molar-refractivity contribution in [2.45, 2.75) is 51.7 Å². The number of hydrogen-bond acceptors (Lipinski definition) is 4. The highest BCUT2D eigenvalue weighted by atomic mass is 16.7. The maximum atomic E-state index is 11.4. The molecule has 0 N–H and O–H groups in total. The average Bonchev–Trinajstić information content (AvgIpc) is 2.65. The molecule has 0 aromatic heterocycles. The van der Waals surface area contributed by atoms with E-state index < -0.39 is 31.0 Å². The van der Waals surface area contributed by atoms with E-state index in [-0.39, 0.29) is 38.5 Å². The zero-order valence-electron chi connectivity index (χ0n) is 13.8. The average molecular weight is 232 g/mol. The minimum atomic E-state index is -2.71. The second kappa shape index (κ2) is 6.25. The molecule has 90 valence electrons. The highest BCUT2D eigenvalue weighted by Gasteiger charge is 2.32. The summed E-state index contributed by atoms with van der Waals surface area (Å²) in [5.41, 5.74) is 0. The fourth-order valence-corrected chi connectivity index (χ4v) is 1.29. The fourth-order valence-electron chi connectivity index (χ4n) is 1.29. The Bertz CT molecular complexity index is 419. The summed E-state index contributed by atoms with van der Waals surface area (Å²) in [6.07, 6.45) is -2.20. The first-order valence-corrected chi connectivity index (χ1v) is 5.11. The van der Waals surface area contributed by atoms with Crippen molar-refractivity contribution in [3.8, 4) is 0 Å². The first-order valence-electron chi connectivity index (χ1n) is 7.61. The van der Waals surface area contributed by atoms with Gasteiger partial charge in [0.1, 0.15) is 0 Å². The molecule has 1 fully saturated rings. The largest absolute Gasteiger partial charge is 0.333 e. The van der Waals surface area contributed by atoms with Gasteiger partial charge in [-0.25, -0.2) is 4.79 Å². The van der Waals surface area contributed by atoms with Crippen molar-refractivity contribution in [3.05, 3.63) is 0 Å². The Labute approximate surface area is 102 Å². The molecule has 16 heavy (non-hydrogen) atoms. The number of nitrogens with zero attached hydrogens (tertiary/aromatic N) is 1. The molecule has 0 aromatic carbocycles. The van der Waals surface area contributed by atoms with E-state index in [0.717, 1.165) is 0 Å². The van der Waals surface area contributed by atoms with Gasteiger partial charge in [0.15, 0.2) is 0 Å². The Hall–Kier alpha value is -1.39. The van der Waals surface area contributed by atoms with Crippen molar-refractivity contribution in [2.24, 2.45) is 0 Å². The molecule has 1 saturated heterocycles. The van der Waals surface area contributed by atoms with Crippen LogP contribution >= 0.6 is 0 Å². The monoisotopic (exact) mass is 232 g/mol. The highest BCUT2D eigenvalue weighted by Crippen LogP contribution is 2.13. The van der Waals surface area contributed by atoms with Gasteiger partial charge < -0.3 is 4.84 Å². The zero-order valence-corrected chi connectivity index (χ0v) is 8.82. The van der Waals surface area contributed by atoms with E-state index in [9.17, 15) is 14.4 Å². The predicted octanol–water partition coefficient (Wildman–Crippen LogP) is 1.56. The van der Waals surface area contributed by atoms with Crippen LogP contribution in [-0.4, -0.2) is 22.8 Å². The van der Waals surface area contributed by atoms with Gasteiger partial charge in [-0.2, -0.15) is 0 Å². The number of unbranched alkanes of at least 4 members (excludes halogenated alkanes) is 1. The summed E-state index contributed by atoms with van der Waals surface area (Å²) in [5, 5.41) is 0.448. The van der Waals surface area contributed by atoms with Gasteiger partial charge in [0.05, 0.1) is 0 Å². The maximum Gasteiger partial charge on any atom is 0.333 e. The summed E-state index contributed by atoms with van der Waals surface area (Å²) in [6.45, 7) is -2.71. The molecule has 0 aliphatic carbocycles. The topological polar surface area (TPSA) is 63.7 Å². The van der Waals surface area contributed by atoms with Crippen molar-refractivity contribution in [2.75, 3.05) is 0 Å². The molecule has 1 aliphatic rings. The van der Waals surface area contributed by atoms with E-state index in [0.29, 0.717) is 5.06 Å². The molecule has 1 heterocycles. The molecule has 0 spiro atoms.